The summed E-state index contributed by atoms with van der Waals surface area (Å²) >= 11 is 5.29. The van der Waals surface area contributed by atoms with Crippen molar-refractivity contribution in [1.29, 1.82) is 0 Å². The number of nitrogens with zero attached hydrogens (tertiary/aromatic N) is 1. The molecule has 1 saturated heterocycles. The molecular weight excluding hydrogens is 256 g/mol. The predicted molar refractivity (Wildman–Crippen MR) is 81.8 cm³/mol. The second kappa shape index (κ2) is 5.78. The minimum atomic E-state index is -0.546. The van der Waals surface area contributed by atoms with Gasteiger partial charge in [0, 0.05) is 13.1 Å². The number of amides is 1. The molecule has 4 heteroatoms. The molecule has 1 aliphatic heterocycles. The lowest BCUT2D eigenvalue weighted by Crippen LogP contribution is -2.50. The fourth-order valence-corrected chi connectivity index (χ4v) is 3.79. The second-order valence-electron chi connectivity index (χ2n) is 6.53. The number of hydrogen-bond donors (Lipinski definition) is 1. The molecule has 1 saturated carbocycles. The first-order valence-electron chi connectivity index (χ1n) is 7.56. The molecule has 108 valence electrons. The summed E-state index contributed by atoms with van der Waals surface area (Å²) in [6.45, 7) is 6.17. The van der Waals surface area contributed by atoms with Gasteiger partial charge in [0.2, 0.25) is 5.91 Å². The molecule has 1 heterocycles. The average molecular weight is 282 g/mol. The molecule has 2 aliphatic rings. The van der Waals surface area contributed by atoms with E-state index in [1.165, 1.54) is 12.8 Å². The molecule has 1 aliphatic carbocycles. The lowest BCUT2D eigenvalue weighted by molar-refractivity contribution is -0.138. The molecule has 2 N–H and O–H groups in total. The van der Waals surface area contributed by atoms with Crippen molar-refractivity contribution in [3.05, 3.63) is 0 Å². The van der Waals surface area contributed by atoms with Crippen molar-refractivity contribution in [3.63, 3.8) is 0 Å². The first-order valence-corrected chi connectivity index (χ1v) is 7.97. The SMILES string of the molecule is CC1CN(C(=O)C2(C(N)=S)CCCCCC2)CC1C. The maximum Gasteiger partial charge on any atom is 0.235 e. The third-order valence-corrected chi connectivity index (χ3v) is 5.50. The third kappa shape index (κ3) is 2.78. The van der Waals surface area contributed by atoms with E-state index in [9.17, 15) is 4.79 Å². The molecule has 0 spiro atoms. The maximum absolute atomic E-state index is 13.0. The number of carbonyl (C=O) groups excluding carboxylic acids is 1. The summed E-state index contributed by atoms with van der Waals surface area (Å²) in [5, 5.41) is 0. The van der Waals surface area contributed by atoms with Crippen molar-refractivity contribution in [3.8, 4) is 0 Å². The number of thiocarbonyl (C=S) groups is 1. The van der Waals surface area contributed by atoms with E-state index in [-0.39, 0.29) is 5.91 Å². The summed E-state index contributed by atoms with van der Waals surface area (Å²) in [6.07, 6.45) is 6.24. The number of likely N-dealkylation sites (tertiary alicyclic amines) is 1. The predicted octanol–water partition coefficient (Wildman–Crippen LogP) is 2.73. The van der Waals surface area contributed by atoms with Gasteiger partial charge in [-0.3, -0.25) is 4.79 Å². The molecule has 1 amide bonds. The normalized spacial score (nSPS) is 30.9. The van der Waals surface area contributed by atoms with Gasteiger partial charge in [-0.2, -0.15) is 0 Å². The van der Waals surface area contributed by atoms with Crippen molar-refractivity contribution in [1.82, 2.24) is 4.90 Å². The van der Waals surface area contributed by atoms with Crippen LogP contribution in [0.4, 0.5) is 0 Å². The Hall–Kier alpha value is -0.640. The fourth-order valence-electron chi connectivity index (χ4n) is 3.50. The molecule has 2 rings (SSSR count). The molecule has 3 nitrogen and oxygen atoms in total. The molecule has 2 atom stereocenters. The second-order valence-corrected chi connectivity index (χ2v) is 6.97. The Morgan fingerprint density at radius 1 is 1.11 bits per heavy atom. The highest BCUT2D eigenvalue weighted by molar-refractivity contribution is 7.80. The highest BCUT2D eigenvalue weighted by Gasteiger charge is 2.45. The summed E-state index contributed by atoms with van der Waals surface area (Å²) in [4.78, 5) is 15.4. The summed E-state index contributed by atoms with van der Waals surface area (Å²) in [6, 6.07) is 0. The number of rotatable bonds is 2. The van der Waals surface area contributed by atoms with E-state index in [0.29, 0.717) is 16.8 Å². The number of carbonyl (C=O) groups is 1. The molecule has 0 aromatic heterocycles. The summed E-state index contributed by atoms with van der Waals surface area (Å²) in [7, 11) is 0. The van der Waals surface area contributed by atoms with Gasteiger partial charge in [0.1, 0.15) is 0 Å². The number of hydrogen-bond acceptors (Lipinski definition) is 2. The maximum atomic E-state index is 13.0. The first kappa shape index (κ1) is 14.8. The van der Waals surface area contributed by atoms with Crippen LogP contribution in [0.2, 0.25) is 0 Å². The van der Waals surface area contributed by atoms with Crippen LogP contribution in [0.15, 0.2) is 0 Å². The van der Waals surface area contributed by atoms with Crippen LogP contribution >= 0.6 is 12.2 Å². The van der Waals surface area contributed by atoms with Crippen LogP contribution in [-0.2, 0) is 4.79 Å². The Bertz CT molecular complexity index is 351. The van der Waals surface area contributed by atoms with Gasteiger partial charge >= 0.3 is 0 Å². The van der Waals surface area contributed by atoms with Crippen molar-refractivity contribution in [2.24, 2.45) is 23.0 Å². The van der Waals surface area contributed by atoms with Crippen molar-refractivity contribution in [2.75, 3.05) is 13.1 Å². The zero-order valence-electron chi connectivity index (χ0n) is 12.2. The highest BCUT2D eigenvalue weighted by atomic mass is 32.1. The van der Waals surface area contributed by atoms with E-state index in [1.54, 1.807) is 0 Å². The smallest absolute Gasteiger partial charge is 0.235 e. The van der Waals surface area contributed by atoms with Crippen LogP contribution in [0, 0.1) is 17.3 Å². The van der Waals surface area contributed by atoms with Gasteiger partial charge in [0.05, 0.1) is 10.4 Å². The largest absolute Gasteiger partial charge is 0.392 e. The van der Waals surface area contributed by atoms with E-state index < -0.39 is 5.41 Å². The van der Waals surface area contributed by atoms with Gasteiger partial charge in [-0.1, -0.05) is 51.7 Å². The Kier molecular flexibility index (Phi) is 4.49. The van der Waals surface area contributed by atoms with Crippen molar-refractivity contribution < 1.29 is 4.79 Å². The molecule has 0 bridgehead atoms. The Morgan fingerprint density at radius 3 is 2.00 bits per heavy atom. The quantitative estimate of drug-likeness (QED) is 0.626. The molecule has 19 heavy (non-hydrogen) atoms. The van der Waals surface area contributed by atoms with Gasteiger partial charge in [-0.25, -0.2) is 0 Å². The Balaban J connectivity index is 2.19. The topological polar surface area (TPSA) is 46.3 Å². The molecule has 2 fully saturated rings. The van der Waals surface area contributed by atoms with Crippen molar-refractivity contribution >= 4 is 23.1 Å². The van der Waals surface area contributed by atoms with E-state index in [1.807, 2.05) is 4.90 Å². The van der Waals surface area contributed by atoms with Crippen LogP contribution in [0.25, 0.3) is 0 Å². The van der Waals surface area contributed by atoms with Gasteiger partial charge in [-0.15, -0.1) is 0 Å². The van der Waals surface area contributed by atoms with Gasteiger partial charge in [0.25, 0.3) is 0 Å². The lowest BCUT2D eigenvalue weighted by Gasteiger charge is -2.34. The minimum Gasteiger partial charge on any atom is -0.392 e. The van der Waals surface area contributed by atoms with E-state index in [2.05, 4.69) is 13.8 Å². The monoisotopic (exact) mass is 282 g/mol. The lowest BCUT2D eigenvalue weighted by atomic mass is 9.79. The fraction of sp³-hybridized carbons (Fsp3) is 0.867. The van der Waals surface area contributed by atoms with Crippen LogP contribution in [-0.4, -0.2) is 28.9 Å². The summed E-state index contributed by atoms with van der Waals surface area (Å²) in [5.74, 6) is 1.37. The number of nitrogens with two attached hydrogens (primary N) is 1. The zero-order valence-corrected chi connectivity index (χ0v) is 13.0. The van der Waals surface area contributed by atoms with Crippen LogP contribution < -0.4 is 5.73 Å². The van der Waals surface area contributed by atoms with Crippen molar-refractivity contribution in [2.45, 2.75) is 52.4 Å². The van der Waals surface area contributed by atoms with E-state index >= 15 is 0 Å². The Labute approximate surface area is 121 Å². The Morgan fingerprint density at radius 2 is 1.58 bits per heavy atom. The third-order valence-electron chi connectivity index (χ3n) is 5.11. The summed E-state index contributed by atoms with van der Waals surface area (Å²) < 4.78 is 0. The average Bonchev–Trinajstić information content (AvgIpc) is 2.59. The van der Waals surface area contributed by atoms with Crippen LogP contribution in [0.1, 0.15) is 52.4 Å². The van der Waals surface area contributed by atoms with E-state index in [0.717, 1.165) is 38.8 Å². The van der Waals surface area contributed by atoms with Crippen LogP contribution in [0.3, 0.4) is 0 Å². The first-order chi connectivity index (χ1) is 8.97. The molecular formula is C15H26N2OS. The molecule has 0 aromatic carbocycles. The molecule has 0 aromatic rings. The minimum absolute atomic E-state index is 0.207. The molecule has 2 unspecified atom stereocenters. The van der Waals surface area contributed by atoms with Gasteiger partial charge < -0.3 is 10.6 Å². The van der Waals surface area contributed by atoms with Gasteiger partial charge in [-0.05, 0) is 24.7 Å². The highest BCUT2D eigenvalue weighted by Crippen LogP contribution is 2.39. The standard InChI is InChI=1S/C15H26N2OS/c1-11-9-17(10-12(11)2)14(18)15(13(16)19)7-5-3-4-6-8-15/h11-12H,3-10H2,1-2H3,(H2,16,19). The molecule has 0 radical (unpaired) electrons. The van der Waals surface area contributed by atoms with Crippen LogP contribution in [0.5, 0.6) is 0 Å². The van der Waals surface area contributed by atoms with E-state index in [4.69, 9.17) is 18.0 Å². The zero-order chi connectivity index (χ0) is 14.0. The van der Waals surface area contributed by atoms with Gasteiger partial charge in [0.15, 0.2) is 0 Å². The summed E-state index contributed by atoms with van der Waals surface area (Å²) in [5.41, 5.74) is 5.45.